The molecule has 0 aromatic rings. The SMILES string of the molecule is O=C1CCC(OCC2CC=CC2)CC1. The van der Waals surface area contributed by atoms with E-state index >= 15 is 0 Å². The van der Waals surface area contributed by atoms with Crippen LogP contribution in [0, 0.1) is 5.92 Å². The van der Waals surface area contributed by atoms with Gasteiger partial charge in [-0.2, -0.15) is 0 Å². The normalized spacial score (nSPS) is 24.7. The summed E-state index contributed by atoms with van der Waals surface area (Å²) < 4.78 is 5.82. The fourth-order valence-electron chi connectivity index (χ4n) is 2.16. The molecule has 0 heterocycles. The van der Waals surface area contributed by atoms with Crippen molar-refractivity contribution in [3.8, 4) is 0 Å². The van der Waals surface area contributed by atoms with Gasteiger partial charge in [0.05, 0.1) is 12.7 Å². The van der Waals surface area contributed by atoms with E-state index in [2.05, 4.69) is 12.2 Å². The second-order valence-electron chi connectivity index (χ2n) is 4.38. The Balaban J connectivity index is 1.63. The first-order valence-corrected chi connectivity index (χ1v) is 5.63. The zero-order valence-electron chi connectivity index (χ0n) is 8.58. The topological polar surface area (TPSA) is 26.3 Å². The number of Topliss-reactive ketones (excluding diaryl/α,β-unsaturated/α-hetero) is 1. The highest BCUT2D eigenvalue weighted by Gasteiger charge is 2.20. The number of ether oxygens (including phenoxy) is 1. The smallest absolute Gasteiger partial charge is 0.133 e. The van der Waals surface area contributed by atoms with Gasteiger partial charge in [-0.05, 0) is 31.6 Å². The lowest BCUT2D eigenvalue weighted by Crippen LogP contribution is -2.23. The lowest BCUT2D eigenvalue weighted by Gasteiger charge is -2.23. The van der Waals surface area contributed by atoms with Crippen LogP contribution in [0.2, 0.25) is 0 Å². The van der Waals surface area contributed by atoms with Gasteiger partial charge in [-0.25, -0.2) is 0 Å². The van der Waals surface area contributed by atoms with Gasteiger partial charge in [0.15, 0.2) is 0 Å². The maximum atomic E-state index is 11.0. The molecule has 2 nitrogen and oxygen atoms in total. The average molecular weight is 194 g/mol. The molecule has 1 fully saturated rings. The molecule has 1 saturated carbocycles. The van der Waals surface area contributed by atoms with Crippen molar-refractivity contribution in [1.29, 1.82) is 0 Å². The molecule has 2 heteroatoms. The highest BCUT2D eigenvalue weighted by molar-refractivity contribution is 5.79. The first kappa shape index (κ1) is 9.91. The number of carbonyl (C=O) groups excluding carboxylic acids is 1. The van der Waals surface area contributed by atoms with Crippen LogP contribution in [0.3, 0.4) is 0 Å². The minimum Gasteiger partial charge on any atom is -0.378 e. The first-order valence-electron chi connectivity index (χ1n) is 5.63. The van der Waals surface area contributed by atoms with Crippen molar-refractivity contribution in [1.82, 2.24) is 0 Å². The van der Waals surface area contributed by atoms with Crippen LogP contribution >= 0.6 is 0 Å². The van der Waals surface area contributed by atoms with Crippen LogP contribution < -0.4 is 0 Å². The van der Waals surface area contributed by atoms with Crippen molar-refractivity contribution in [2.45, 2.75) is 44.6 Å². The Hall–Kier alpha value is -0.630. The average Bonchev–Trinajstić information content (AvgIpc) is 2.70. The van der Waals surface area contributed by atoms with E-state index in [1.165, 1.54) is 12.8 Å². The summed E-state index contributed by atoms with van der Waals surface area (Å²) in [6.07, 6.45) is 10.5. The van der Waals surface area contributed by atoms with E-state index in [9.17, 15) is 4.79 Å². The van der Waals surface area contributed by atoms with Crippen molar-refractivity contribution in [3.05, 3.63) is 12.2 Å². The first-order chi connectivity index (χ1) is 6.84. The van der Waals surface area contributed by atoms with Crippen LogP contribution in [0.5, 0.6) is 0 Å². The van der Waals surface area contributed by atoms with Gasteiger partial charge >= 0.3 is 0 Å². The van der Waals surface area contributed by atoms with Gasteiger partial charge < -0.3 is 4.74 Å². The number of hydrogen-bond acceptors (Lipinski definition) is 2. The summed E-state index contributed by atoms with van der Waals surface area (Å²) in [7, 11) is 0. The number of allylic oxidation sites excluding steroid dienone is 2. The number of ketones is 1. The molecule has 78 valence electrons. The second-order valence-corrected chi connectivity index (χ2v) is 4.38. The molecule has 0 N–H and O–H groups in total. The molecular weight excluding hydrogens is 176 g/mol. The van der Waals surface area contributed by atoms with Crippen LogP contribution in [0.4, 0.5) is 0 Å². The van der Waals surface area contributed by atoms with Crippen LogP contribution in [0.1, 0.15) is 38.5 Å². The number of carbonyl (C=O) groups is 1. The highest BCUT2D eigenvalue weighted by Crippen LogP contribution is 2.22. The van der Waals surface area contributed by atoms with Gasteiger partial charge in [-0.15, -0.1) is 0 Å². The van der Waals surface area contributed by atoms with E-state index in [1.54, 1.807) is 0 Å². The largest absolute Gasteiger partial charge is 0.378 e. The quantitative estimate of drug-likeness (QED) is 0.645. The molecule has 0 amide bonds. The lowest BCUT2D eigenvalue weighted by molar-refractivity contribution is -0.123. The van der Waals surface area contributed by atoms with E-state index in [0.29, 0.717) is 17.8 Å². The van der Waals surface area contributed by atoms with Gasteiger partial charge in [-0.3, -0.25) is 4.79 Å². The highest BCUT2D eigenvalue weighted by atomic mass is 16.5. The summed E-state index contributed by atoms with van der Waals surface area (Å²) in [4.78, 5) is 11.0. The number of hydrogen-bond donors (Lipinski definition) is 0. The fourth-order valence-corrected chi connectivity index (χ4v) is 2.16. The molecule has 2 aliphatic rings. The van der Waals surface area contributed by atoms with E-state index < -0.39 is 0 Å². The Kier molecular flexibility index (Phi) is 3.35. The lowest BCUT2D eigenvalue weighted by atomic mass is 9.96. The van der Waals surface area contributed by atoms with Crippen molar-refractivity contribution in [2.75, 3.05) is 6.61 Å². The summed E-state index contributed by atoms with van der Waals surface area (Å²) >= 11 is 0. The summed E-state index contributed by atoms with van der Waals surface area (Å²) in [6.45, 7) is 0.881. The molecular formula is C12H18O2. The Morgan fingerprint density at radius 1 is 1.21 bits per heavy atom. The zero-order chi connectivity index (χ0) is 9.80. The molecule has 0 radical (unpaired) electrons. The van der Waals surface area contributed by atoms with Gasteiger partial charge in [0.2, 0.25) is 0 Å². The predicted octanol–water partition coefficient (Wildman–Crippen LogP) is 2.48. The van der Waals surface area contributed by atoms with Gasteiger partial charge in [0, 0.05) is 12.8 Å². The Bertz CT molecular complexity index is 214. The predicted molar refractivity (Wildman–Crippen MR) is 55.1 cm³/mol. The van der Waals surface area contributed by atoms with Crippen molar-refractivity contribution < 1.29 is 9.53 Å². The minimum atomic E-state index is 0.355. The molecule has 0 saturated heterocycles. The summed E-state index contributed by atoms with van der Waals surface area (Å²) in [5.41, 5.74) is 0. The van der Waals surface area contributed by atoms with Crippen LogP contribution in [0.25, 0.3) is 0 Å². The van der Waals surface area contributed by atoms with Crippen LogP contribution in [-0.4, -0.2) is 18.5 Å². The molecule has 0 unspecified atom stereocenters. The second kappa shape index (κ2) is 4.74. The molecule has 2 aliphatic carbocycles. The van der Waals surface area contributed by atoms with Crippen molar-refractivity contribution in [3.63, 3.8) is 0 Å². The molecule has 14 heavy (non-hydrogen) atoms. The molecule has 2 rings (SSSR count). The molecule has 0 aromatic heterocycles. The maximum absolute atomic E-state index is 11.0. The Morgan fingerprint density at radius 2 is 1.86 bits per heavy atom. The van der Waals surface area contributed by atoms with Gasteiger partial charge in [-0.1, -0.05) is 12.2 Å². The third-order valence-electron chi connectivity index (χ3n) is 3.16. The molecule has 0 aliphatic heterocycles. The summed E-state index contributed by atoms with van der Waals surface area (Å²) in [5.74, 6) is 1.11. The molecule has 0 aromatic carbocycles. The van der Waals surface area contributed by atoms with Crippen LogP contribution in [0.15, 0.2) is 12.2 Å². The monoisotopic (exact) mass is 194 g/mol. The minimum absolute atomic E-state index is 0.355. The maximum Gasteiger partial charge on any atom is 0.133 e. The van der Waals surface area contributed by atoms with E-state index in [-0.39, 0.29) is 0 Å². The number of rotatable bonds is 3. The van der Waals surface area contributed by atoms with Gasteiger partial charge in [0.1, 0.15) is 5.78 Å². The van der Waals surface area contributed by atoms with Crippen LogP contribution in [-0.2, 0) is 9.53 Å². The van der Waals surface area contributed by atoms with E-state index in [1.807, 2.05) is 0 Å². The molecule has 0 atom stereocenters. The zero-order valence-corrected chi connectivity index (χ0v) is 8.58. The summed E-state index contributed by atoms with van der Waals surface area (Å²) in [5, 5.41) is 0. The Morgan fingerprint density at radius 3 is 2.50 bits per heavy atom. The summed E-state index contributed by atoms with van der Waals surface area (Å²) in [6, 6.07) is 0. The standard InChI is InChI=1S/C12H18O2/c13-11-5-7-12(8-6-11)14-9-10-3-1-2-4-10/h1-2,10,12H,3-9H2. The Labute approximate surface area is 85.3 Å². The van der Waals surface area contributed by atoms with Crippen molar-refractivity contribution in [2.24, 2.45) is 5.92 Å². The fraction of sp³-hybridized carbons (Fsp3) is 0.750. The van der Waals surface area contributed by atoms with E-state index in [0.717, 1.165) is 32.3 Å². The third-order valence-corrected chi connectivity index (χ3v) is 3.16. The van der Waals surface area contributed by atoms with Gasteiger partial charge in [0.25, 0.3) is 0 Å². The van der Waals surface area contributed by atoms with Crippen molar-refractivity contribution >= 4 is 5.78 Å². The molecule has 0 bridgehead atoms. The van der Waals surface area contributed by atoms with E-state index in [4.69, 9.17) is 4.74 Å². The third kappa shape index (κ3) is 2.68. The molecule has 0 spiro atoms.